The molecule has 3 aromatic heterocycles. The standard InChI is InChI=1S/C10H9N5OS/c16-10-14-13-9-3-8(12-6-15(9)10)11-4-7-1-2-17-5-7/h1-3,5-6,11H,4H2,(H,14,16). The van der Waals surface area contributed by atoms with Crippen LogP contribution in [0.15, 0.2) is 34.0 Å². The molecule has 0 spiro atoms. The summed E-state index contributed by atoms with van der Waals surface area (Å²) in [6, 6.07) is 3.78. The van der Waals surface area contributed by atoms with Crippen molar-refractivity contribution in [1.82, 2.24) is 19.6 Å². The maximum atomic E-state index is 11.2. The van der Waals surface area contributed by atoms with Crippen molar-refractivity contribution in [3.8, 4) is 0 Å². The Labute approximate surface area is 100.0 Å². The van der Waals surface area contributed by atoms with Crippen LogP contribution in [-0.4, -0.2) is 19.6 Å². The van der Waals surface area contributed by atoms with E-state index in [0.717, 1.165) is 0 Å². The number of hydrogen-bond acceptors (Lipinski definition) is 5. The lowest BCUT2D eigenvalue weighted by Gasteiger charge is -2.03. The Hall–Kier alpha value is -2.15. The van der Waals surface area contributed by atoms with Crippen LogP contribution in [0, 0.1) is 0 Å². The van der Waals surface area contributed by atoms with Gasteiger partial charge in [0, 0.05) is 12.6 Å². The lowest BCUT2D eigenvalue weighted by atomic mass is 10.3. The van der Waals surface area contributed by atoms with Crippen molar-refractivity contribution in [1.29, 1.82) is 0 Å². The van der Waals surface area contributed by atoms with E-state index in [4.69, 9.17) is 0 Å². The van der Waals surface area contributed by atoms with Gasteiger partial charge in [-0.1, -0.05) is 0 Å². The average molecular weight is 247 g/mol. The summed E-state index contributed by atoms with van der Waals surface area (Å²) in [5.41, 5.74) is 1.48. The van der Waals surface area contributed by atoms with Crippen LogP contribution < -0.4 is 11.0 Å². The Morgan fingerprint density at radius 2 is 2.47 bits per heavy atom. The van der Waals surface area contributed by atoms with Crippen LogP contribution in [0.2, 0.25) is 0 Å². The quantitative estimate of drug-likeness (QED) is 0.726. The number of aromatic nitrogens is 4. The van der Waals surface area contributed by atoms with E-state index in [0.29, 0.717) is 18.0 Å². The van der Waals surface area contributed by atoms with Gasteiger partial charge in [-0.2, -0.15) is 16.4 Å². The van der Waals surface area contributed by atoms with Crippen LogP contribution in [-0.2, 0) is 6.54 Å². The number of aromatic amines is 1. The van der Waals surface area contributed by atoms with Crippen LogP contribution in [0.5, 0.6) is 0 Å². The second-order valence-corrected chi connectivity index (χ2v) is 4.30. The van der Waals surface area contributed by atoms with Crippen molar-refractivity contribution < 1.29 is 0 Å². The lowest BCUT2D eigenvalue weighted by Crippen LogP contribution is -2.10. The summed E-state index contributed by atoms with van der Waals surface area (Å²) in [6.45, 7) is 0.710. The molecule has 0 aliphatic heterocycles. The predicted molar refractivity (Wildman–Crippen MR) is 65.3 cm³/mol. The zero-order chi connectivity index (χ0) is 11.7. The average Bonchev–Trinajstić information content (AvgIpc) is 2.97. The highest BCUT2D eigenvalue weighted by Gasteiger charge is 2.02. The van der Waals surface area contributed by atoms with Gasteiger partial charge in [0.2, 0.25) is 0 Å². The molecule has 3 aromatic rings. The minimum Gasteiger partial charge on any atom is -0.366 e. The van der Waals surface area contributed by atoms with Crippen molar-refractivity contribution >= 4 is 22.8 Å². The highest BCUT2D eigenvalue weighted by atomic mass is 32.1. The number of H-pyrrole nitrogens is 1. The fraction of sp³-hybridized carbons (Fsp3) is 0.100. The van der Waals surface area contributed by atoms with Gasteiger partial charge >= 0.3 is 5.69 Å². The van der Waals surface area contributed by atoms with E-state index < -0.39 is 0 Å². The molecule has 2 N–H and O–H groups in total. The largest absolute Gasteiger partial charge is 0.366 e. The highest BCUT2D eigenvalue weighted by Crippen LogP contribution is 2.09. The smallest absolute Gasteiger partial charge is 0.348 e. The summed E-state index contributed by atoms with van der Waals surface area (Å²) in [5.74, 6) is 0.697. The predicted octanol–water partition coefficient (Wildman–Crippen LogP) is 1.09. The molecule has 86 valence electrons. The molecule has 0 atom stereocenters. The molecular formula is C10H9N5OS. The van der Waals surface area contributed by atoms with Crippen molar-refractivity contribution in [2.24, 2.45) is 0 Å². The van der Waals surface area contributed by atoms with E-state index in [1.165, 1.54) is 16.3 Å². The summed E-state index contributed by atoms with van der Waals surface area (Å²) in [5, 5.41) is 13.5. The van der Waals surface area contributed by atoms with Gasteiger partial charge in [-0.25, -0.2) is 19.3 Å². The number of hydrogen-bond donors (Lipinski definition) is 2. The zero-order valence-electron chi connectivity index (χ0n) is 8.75. The summed E-state index contributed by atoms with van der Waals surface area (Å²) in [6.07, 6.45) is 1.46. The van der Waals surface area contributed by atoms with Crippen molar-refractivity contribution in [3.63, 3.8) is 0 Å². The number of nitrogens with zero attached hydrogens (tertiary/aromatic N) is 3. The van der Waals surface area contributed by atoms with Gasteiger partial charge in [-0.05, 0) is 22.4 Å². The van der Waals surface area contributed by atoms with Crippen LogP contribution in [0.1, 0.15) is 5.56 Å². The second-order valence-electron chi connectivity index (χ2n) is 3.52. The fourth-order valence-electron chi connectivity index (χ4n) is 1.49. The SMILES string of the molecule is O=c1[nH]nc2cc(NCc3ccsc3)ncn12. The Morgan fingerprint density at radius 3 is 3.29 bits per heavy atom. The number of fused-ring (bicyclic) bond motifs is 1. The minimum absolute atomic E-state index is 0.281. The fourth-order valence-corrected chi connectivity index (χ4v) is 2.16. The molecule has 0 aliphatic carbocycles. The Bertz CT molecular complexity index is 684. The monoisotopic (exact) mass is 247 g/mol. The van der Waals surface area contributed by atoms with Gasteiger partial charge in [-0.3, -0.25) is 0 Å². The molecular weight excluding hydrogens is 238 g/mol. The number of nitrogens with one attached hydrogen (secondary N) is 2. The first kappa shape index (κ1) is 10.0. The van der Waals surface area contributed by atoms with Gasteiger partial charge in [0.15, 0.2) is 5.65 Å². The molecule has 0 saturated carbocycles. The summed E-state index contributed by atoms with van der Waals surface area (Å²) < 4.78 is 1.36. The molecule has 0 bridgehead atoms. The Kier molecular flexibility index (Phi) is 2.37. The first-order valence-corrected chi connectivity index (χ1v) is 5.95. The summed E-state index contributed by atoms with van der Waals surface area (Å²) in [7, 11) is 0. The van der Waals surface area contributed by atoms with E-state index in [1.807, 2.05) is 5.38 Å². The van der Waals surface area contributed by atoms with Crippen LogP contribution in [0.4, 0.5) is 5.82 Å². The molecule has 3 heterocycles. The van der Waals surface area contributed by atoms with Gasteiger partial charge in [0.05, 0.1) is 0 Å². The van der Waals surface area contributed by atoms with E-state index in [2.05, 4.69) is 31.9 Å². The molecule has 7 heteroatoms. The normalized spacial score (nSPS) is 10.8. The molecule has 0 aliphatic rings. The maximum absolute atomic E-state index is 11.2. The van der Waals surface area contributed by atoms with Crippen molar-refractivity contribution in [3.05, 3.63) is 45.3 Å². The lowest BCUT2D eigenvalue weighted by molar-refractivity contribution is 0.991. The second kappa shape index (κ2) is 4.02. The van der Waals surface area contributed by atoms with Crippen LogP contribution >= 0.6 is 11.3 Å². The van der Waals surface area contributed by atoms with E-state index >= 15 is 0 Å². The third-order valence-corrected chi connectivity index (χ3v) is 3.10. The van der Waals surface area contributed by atoms with Crippen LogP contribution in [0.3, 0.4) is 0 Å². The van der Waals surface area contributed by atoms with Crippen molar-refractivity contribution in [2.45, 2.75) is 6.54 Å². The van der Waals surface area contributed by atoms with Gasteiger partial charge in [-0.15, -0.1) is 0 Å². The minimum atomic E-state index is -0.281. The van der Waals surface area contributed by atoms with E-state index in [-0.39, 0.29) is 5.69 Å². The molecule has 0 aromatic carbocycles. The molecule has 3 rings (SSSR count). The first-order chi connectivity index (χ1) is 8.33. The van der Waals surface area contributed by atoms with Gasteiger partial charge in [0.25, 0.3) is 0 Å². The molecule has 6 nitrogen and oxygen atoms in total. The summed E-state index contributed by atoms with van der Waals surface area (Å²) in [4.78, 5) is 15.4. The molecule has 0 saturated heterocycles. The number of anilines is 1. The zero-order valence-corrected chi connectivity index (χ0v) is 9.57. The van der Waals surface area contributed by atoms with Crippen LogP contribution in [0.25, 0.3) is 5.65 Å². The van der Waals surface area contributed by atoms with Gasteiger partial charge < -0.3 is 5.32 Å². The Morgan fingerprint density at radius 1 is 1.53 bits per heavy atom. The molecule has 0 radical (unpaired) electrons. The topological polar surface area (TPSA) is 75.1 Å². The van der Waals surface area contributed by atoms with Gasteiger partial charge in [0.1, 0.15) is 12.1 Å². The Balaban J connectivity index is 1.83. The molecule has 0 amide bonds. The molecule has 17 heavy (non-hydrogen) atoms. The maximum Gasteiger partial charge on any atom is 0.348 e. The highest BCUT2D eigenvalue weighted by molar-refractivity contribution is 7.07. The van der Waals surface area contributed by atoms with E-state index in [1.54, 1.807) is 17.4 Å². The third-order valence-electron chi connectivity index (χ3n) is 2.36. The third kappa shape index (κ3) is 1.92. The number of rotatable bonds is 3. The first-order valence-electron chi connectivity index (χ1n) is 5.01. The molecule has 0 unspecified atom stereocenters. The number of thiophene rings is 1. The summed E-state index contributed by atoms with van der Waals surface area (Å²) >= 11 is 1.66. The van der Waals surface area contributed by atoms with Crippen molar-refractivity contribution in [2.75, 3.05) is 5.32 Å². The molecule has 0 fully saturated rings. The van der Waals surface area contributed by atoms with E-state index in [9.17, 15) is 4.79 Å².